The van der Waals surface area contributed by atoms with E-state index in [1.165, 1.54) is 0 Å². The fraction of sp³-hybridized carbons (Fsp3) is 0.778. The van der Waals surface area contributed by atoms with Gasteiger partial charge in [0.1, 0.15) is 6.61 Å². The quantitative estimate of drug-likeness (QED) is 0.701. The number of hydrogen-bond acceptors (Lipinski definition) is 5. The standard InChI is InChI=1S/C9H17N3O2/c1-3-5-13-6-8-11-12-9(14-8)7(10)4-2/h7H,3-6,10H2,1-2H3. The topological polar surface area (TPSA) is 74.2 Å². The van der Waals surface area contributed by atoms with Crippen molar-refractivity contribution in [1.82, 2.24) is 10.2 Å². The van der Waals surface area contributed by atoms with Crippen LogP contribution >= 0.6 is 0 Å². The molecular weight excluding hydrogens is 182 g/mol. The fourth-order valence-electron chi connectivity index (χ4n) is 0.953. The molecule has 1 rings (SSSR count). The minimum absolute atomic E-state index is 0.164. The van der Waals surface area contributed by atoms with Crippen LogP contribution in [-0.4, -0.2) is 16.8 Å². The number of rotatable bonds is 6. The molecule has 80 valence electrons. The first-order valence-electron chi connectivity index (χ1n) is 4.93. The summed E-state index contributed by atoms with van der Waals surface area (Å²) in [6.45, 7) is 5.10. The predicted molar refractivity (Wildman–Crippen MR) is 51.5 cm³/mol. The second-order valence-corrected chi connectivity index (χ2v) is 3.10. The molecular formula is C9H17N3O2. The first-order chi connectivity index (χ1) is 6.77. The summed E-state index contributed by atoms with van der Waals surface area (Å²) in [5.41, 5.74) is 5.73. The summed E-state index contributed by atoms with van der Waals surface area (Å²) < 4.78 is 10.6. The lowest BCUT2D eigenvalue weighted by Crippen LogP contribution is -2.08. The van der Waals surface area contributed by atoms with Crippen LogP contribution in [0.3, 0.4) is 0 Å². The van der Waals surface area contributed by atoms with E-state index in [0.717, 1.165) is 12.8 Å². The molecule has 0 aliphatic heterocycles. The molecule has 0 amide bonds. The first-order valence-corrected chi connectivity index (χ1v) is 4.93. The molecule has 0 aliphatic rings. The molecule has 1 aromatic rings. The van der Waals surface area contributed by atoms with Crippen LogP contribution in [0.25, 0.3) is 0 Å². The molecule has 5 nitrogen and oxygen atoms in total. The van der Waals surface area contributed by atoms with E-state index in [4.69, 9.17) is 14.9 Å². The Morgan fingerprint density at radius 3 is 2.86 bits per heavy atom. The van der Waals surface area contributed by atoms with Crippen molar-refractivity contribution < 1.29 is 9.15 Å². The van der Waals surface area contributed by atoms with Crippen molar-refractivity contribution in [3.8, 4) is 0 Å². The van der Waals surface area contributed by atoms with E-state index >= 15 is 0 Å². The van der Waals surface area contributed by atoms with E-state index in [0.29, 0.717) is 25.0 Å². The summed E-state index contributed by atoms with van der Waals surface area (Å²) in [6, 6.07) is -0.164. The van der Waals surface area contributed by atoms with Crippen LogP contribution in [0, 0.1) is 0 Å². The third-order valence-electron chi connectivity index (χ3n) is 1.81. The van der Waals surface area contributed by atoms with Crippen LogP contribution in [0.15, 0.2) is 4.42 Å². The van der Waals surface area contributed by atoms with Gasteiger partial charge in [0.25, 0.3) is 0 Å². The maximum atomic E-state index is 5.73. The van der Waals surface area contributed by atoms with Crippen molar-refractivity contribution in [1.29, 1.82) is 0 Å². The normalized spacial score (nSPS) is 13.1. The first kappa shape index (κ1) is 11.1. The minimum Gasteiger partial charge on any atom is -0.421 e. The summed E-state index contributed by atoms with van der Waals surface area (Å²) >= 11 is 0. The molecule has 0 radical (unpaired) electrons. The SMILES string of the molecule is CCCOCc1nnc(C(N)CC)o1. The molecule has 1 unspecified atom stereocenters. The smallest absolute Gasteiger partial charge is 0.242 e. The predicted octanol–water partition coefficient (Wildman–Crippen LogP) is 1.41. The van der Waals surface area contributed by atoms with Crippen LogP contribution in [0.5, 0.6) is 0 Å². The van der Waals surface area contributed by atoms with Gasteiger partial charge in [-0.2, -0.15) is 0 Å². The summed E-state index contributed by atoms with van der Waals surface area (Å²) in [5, 5.41) is 7.68. The molecule has 14 heavy (non-hydrogen) atoms. The molecule has 1 heterocycles. The fourth-order valence-corrected chi connectivity index (χ4v) is 0.953. The van der Waals surface area contributed by atoms with Crippen LogP contribution in [-0.2, 0) is 11.3 Å². The highest BCUT2D eigenvalue weighted by Gasteiger charge is 2.11. The van der Waals surface area contributed by atoms with Gasteiger partial charge in [-0.05, 0) is 12.8 Å². The zero-order chi connectivity index (χ0) is 10.4. The number of ether oxygens (including phenoxy) is 1. The molecule has 2 N–H and O–H groups in total. The van der Waals surface area contributed by atoms with E-state index in [-0.39, 0.29) is 6.04 Å². The van der Waals surface area contributed by atoms with Crippen molar-refractivity contribution in [2.75, 3.05) is 6.61 Å². The van der Waals surface area contributed by atoms with Crippen LogP contribution < -0.4 is 5.73 Å². The molecule has 0 spiro atoms. The Hall–Kier alpha value is -0.940. The minimum atomic E-state index is -0.164. The van der Waals surface area contributed by atoms with Crippen molar-refractivity contribution in [2.45, 2.75) is 39.3 Å². The zero-order valence-corrected chi connectivity index (χ0v) is 8.69. The Labute approximate surface area is 83.6 Å². The number of nitrogens with zero attached hydrogens (tertiary/aromatic N) is 2. The molecule has 1 aromatic heterocycles. The molecule has 0 aromatic carbocycles. The van der Waals surface area contributed by atoms with Gasteiger partial charge in [0.05, 0.1) is 6.04 Å². The van der Waals surface area contributed by atoms with Crippen molar-refractivity contribution in [3.63, 3.8) is 0 Å². The Morgan fingerprint density at radius 1 is 1.43 bits per heavy atom. The summed E-state index contributed by atoms with van der Waals surface area (Å²) in [5.74, 6) is 0.986. The van der Waals surface area contributed by atoms with Gasteiger partial charge in [-0.1, -0.05) is 13.8 Å². The maximum Gasteiger partial charge on any atom is 0.242 e. The van der Waals surface area contributed by atoms with Gasteiger partial charge in [0.2, 0.25) is 11.8 Å². The lowest BCUT2D eigenvalue weighted by molar-refractivity contribution is 0.102. The van der Waals surface area contributed by atoms with Gasteiger partial charge >= 0.3 is 0 Å². The Kier molecular flexibility index (Phi) is 4.55. The Balaban J connectivity index is 2.42. The third kappa shape index (κ3) is 3.08. The van der Waals surface area contributed by atoms with Gasteiger partial charge in [-0.3, -0.25) is 0 Å². The van der Waals surface area contributed by atoms with Gasteiger partial charge in [0.15, 0.2) is 0 Å². The lowest BCUT2D eigenvalue weighted by Gasteiger charge is -2.00. The second-order valence-electron chi connectivity index (χ2n) is 3.10. The highest BCUT2D eigenvalue weighted by atomic mass is 16.5. The zero-order valence-electron chi connectivity index (χ0n) is 8.69. The number of aromatic nitrogens is 2. The van der Waals surface area contributed by atoms with Gasteiger partial charge < -0.3 is 14.9 Å². The molecule has 0 saturated heterocycles. The molecule has 0 saturated carbocycles. The van der Waals surface area contributed by atoms with Gasteiger partial charge in [0, 0.05) is 6.61 Å². The van der Waals surface area contributed by atoms with Crippen molar-refractivity contribution in [3.05, 3.63) is 11.8 Å². The molecule has 1 atom stereocenters. The van der Waals surface area contributed by atoms with E-state index in [1.807, 2.05) is 13.8 Å². The maximum absolute atomic E-state index is 5.73. The second kappa shape index (κ2) is 5.72. The summed E-state index contributed by atoms with van der Waals surface area (Å²) in [4.78, 5) is 0. The van der Waals surface area contributed by atoms with E-state index in [2.05, 4.69) is 10.2 Å². The number of nitrogens with two attached hydrogens (primary N) is 1. The van der Waals surface area contributed by atoms with Crippen molar-refractivity contribution in [2.24, 2.45) is 5.73 Å². The number of hydrogen-bond donors (Lipinski definition) is 1. The largest absolute Gasteiger partial charge is 0.421 e. The van der Waals surface area contributed by atoms with E-state index in [9.17, 15) is 0 Å². The monoisotopic (exact) mass is 199 g/mol. The highest BCUT2D eigenvalue weighted by Crippen LogP contribution is 2.11. The molecule has 0 aliphatic carbocycles. The average molecular weight is 199 g/mol. The summed E-state index contributed by atoms with van der Waals surface area (Å²) in [7, 11) is 0. The Bertz CT molecular complexity index is 262. The third-order valence-corrected chi connectivity index (χ3v) is 1.81. The Morgan fingerprint density at radius 2 is 2.21 bits per heavy atom. The van der Waals surface area contributed by atoms with E-state index < -0.39 is 0 Å². The average Bonchev–Trinajstić information content (AvgIpc) is 2.66. The van der Waals surface area contributed by atoms with Crippen LogP contribution in [0.2, 0.25) is 0 Å². The molecule has 0 bridgehead atoms. The highest BCUT2D eigenvalue weighted by molar-refractivity contribution is 4.86. The summed E-state index contributed by atoms with van der Waals surface area (Å²) in [6.07, 6.45) is 1.77. The van der Waals surface area contributed by atoms with Gasteiger partial charge in [-0.15, -0.1) is 10.2 Å². The van der Waals surface area contributed by atoms with E-state index in [1.54, 1.807) is 0 Å². The van der Waals surface area contributed by atoms with Gasteiger partial charge in [-0.25, -0.2) is 0 Å². The van der Waals surface area contributed by atoms with Crippen LogP contribution in [0.4, 0.5) is 0 Å². The van der Waals surface area contributed by atoms with Crippen molar-refractivity contribution >= 4 is 0 Å². The molecule has 0 fully saturated rings. The van der Waals surface area contributed by atoms with Crippen LogP contribution in [0.1, 0.15) is 44.5 Å². The lowest BCUT2D eigenvalue weighted by atomic mass is 10.2. The molecule has 5 heteroatoms.